The van der Waals surface area contributed by atoms with Crippen LogP contribution < -0.4 is 19.7 Å². The van der Waals surface area contributed by atoms with Crippen molar-refractivity contribution in [3.8, 4) is 11.6 Å². The fraction of sp³-hybridized carbons (Fsp3) is 0.368. The Balaban J connectivity index is 1.75. The van der Waals surface area contributed by atoms with Crippen LogP contribution in [0.4, 0.5) is 10.2 Å². The smallest absolute Gasteiger partial charge is 0.259 e. The molecule has 0 saturated carbocycles. The zero-order valence-electron chi connectivity index (χ0n) is 16.1. The first-order valence-corrected chi connectivity index (χ1v) is 9.24. The number of fused-ring (bicyclic) bond motifs is 1. The topological polar surface area (TPSA) is 93.9 Å². The summed E-state index contributed by atoms with van der Waals surface area (Å²) in [6.45, 7) is 6.13. The molecule has 0 spiro atoms. The first-order valence-electron chi connectivity index (χ1n) is 9.24. The van der Waals surface area contributed by atoms with E-state index in [1.807, 2.05) is 11.8 Å². The quantitative estimate of drug-likeness (QED) is 0.618. The van der Waals surface area contributed by atoms with Gasteiger partial charge in [0.1, 0.15) is 18.0 Å². The molecule has 3 aromatic rings. The number of carbonyl (C=O) groups is 1. The molecule has 150 valence electrons. The second-order valence-electron chi connectivity index (χ2n) is 7.73. The number of anilines is 1. The summed E-state index contributed by atoms with van der Waals surface area (Å²) in [7, 11) is 0. The van der Waals surface area contributed by atoms with Gasteiger partial charge in [0.2, 0.25) is 5.88 Å². The van der Waals surface area contributed by atoms with Gasteiger partial charge in [0.05, 0.1) is 31.2 Å². The van der Waals surface area contributed by atoms with E-state index in [1.165, 1.54) is 16.8 Å². The Kier molecular flexibility index (Phi) is 3.67. The molecular formula is C19H19FN6O3. The van der Waals surface area contributed by atoms with Crippen LogP contribution in [0.5, 0.6) is 11.6 Å². The summed E-state index contributed by atoms with van der Waals surface area (Å²) in [4.78, 5) is 23.7. The molecule has 0 fully saturated rings. The number of rotatable bonds is 0. The number of hydrogen-bond acceptors (Lipinski definition) is 7. The largest absolute Gasteiger partial charge is 0.486 e. The van der Waals surface area contributed by atoms with Crippen LogP contribution in [0.1, 0.15) is 36.7 Å². The van der Waals surface area contributed by atoms with Gasteiger partial charge < -0.3 is 19.7 Å². The van der Waals surface area contributed by atoms with Crippen LogP contribution in [0, 0.1) is 5.82 Å². The van der Waals surface area contributed by atoms with Crippen molar-refractivity contribution in [2.45, 2.75) is 39.1 Å². The summed E-state index contributed by atoms with van der Waals surface area (Å²) in [5.74, 6) is 0.478. The van der Waals surface area contributed by atoms with E-state index in [0.717, 1.165) is 6.20 Å². The molecular weight excluding hydrogens is 379 g/mol. The number of ether oxygens (including phenoxy) is 2. The second kappa shape index (κ2) is 6.03. The number of halogens is 1. The molecule has 0 unspecified atom stereocenters. The summed E-state index contributed by atoms with van der Waals surface area (Å²) in [5.41, 5.74) is 0.167. The lowest BCUT2D eigenvalue weighted by Crippen LogP contribution is -2.49. The number of pyridine rings is 1. The Morgan fingerprint density at radius 1 is 1.34 bits per heavy atom. The molecule has 3 aromatic heterocycles. The molecule has 1 N–H and O–H groups in total. The summed E-state index contributed by atoms with van der Waals surface area (Å²) in [6.07, 6.45) is 4.25. The third kappa shape index (κ3) is 2.91. The van der Waals surface area contributed by atoms with E-state index in [9.17, 15) is 9.18 Å². The molecule has 0 radical (unpaired) electrons. The Hall–Kier alpha value is -3.43. The van der Waals surface area contributed by atoms with Crippen LogP contribution in [0.2, 0.25) is 0 Å². The number of nitrogens with zero attached hydrogens (tertiary/aromatic N) is 5. The Morgan fingerprint density at radius 3 is 3.00 bits per heavy atom. The number of aromatic nitrogens is 4. The fourth-order valence-electron chi connectivity index (χ4n) is 3.56. The van der Waals surface area contributed by atoms with E-state index in [0.29, 0.717) is 41.5 Å². The molecule has 1 amide bonds. The molecule has 0 aliphatic carbocycles. The van der Waals surface area contributed by atoms with Crippen LogP contribution in [0.3, 0.4) is 0 Å². The Bertz CT molecular complexity index is 1140. The minimum absolute atomic E-state index is 0.0373. The predicted octanol–water partition coefficient (Wildman–Crippen LogP) is 1.91. The molecule has 5 rings (SSSR count). The summed E-state index contributed by atoms with van der Waals surface area (Å²) in [5, 5.41) is 7.05. The van der Waals surface area contributed by atoms with E-state index in [1.54, 1.807) is 20.0 Å². The summed E-state index contributed by atoms with van der Waals surface area (Å²) >= 11 is 0. The zero-order valence-corrected chi connectivity index (χ0v) is 16.1. The van der Waals surface area contributed by atoms with Crippen molar-refractivity contribution >= 4 is 17.4 Å². The lowest BCUT2D eigenvalue weighted by molar-refractivity contribution is 0.0510. The second-order valence-corrected chi connectivity index (χ2v) is 7.73. The molecule has 2 bridgehead atoms. The highest BCUT2D eigenvalue weighted by atomic mass is 19.1. The maximum Gasteiger partial charge on any atom is 0.259 e. The van der Waals surface area contributed by atoms with Gasteiger partial charge in [-0.15, -0.1) is 0 Å². The number of amides is 1. The van der Waals surface area contributed by atoms with Gasteiger partial charge >= 0.3 is 0 Å². The normalized spacial score (nSPS) is 20.2. The highest BCUT2D eigenvalue weighted by molar-refractivity contribution is 6.00. The van der Waals surface area contributed by atoms with Gasteiger partial charge in [0.25, 0.3) is 5.91 Å². The highest BCUT2D eigenvalue weighted by Gasteiger charge is 2.32. The molecule has 1 atom stereocenters. The van der Waals surface area contributed by atoms with Gasteiger partial charge in [-0.05, 0) is 26.8 Å². The van der Waals surface area contributed by atoms with Crippen molar-refractivity contribution in [3.63, 3.8) is 0 Å². The Labute approximate surface area is 165 Å². The van der Waals surface area contributed by atoms with E-state index in [-0.39, 0.29) is 11.9 Å². The average molecular weight is 398 g/mol. The van der Waals surface area contributed by atoms with Crippen LogP contribution in [-0.4, -0.2) is 43.9 Å². The molecule has 2 aliphatic heterocycles. The van der Waals surface area contributed by atoms with Gasteiger partial charge in [-0.2, -0.15) is 5.10 Å². The van der Waals surface area contributed by atoms with Gasteiger partial charge in [-0.25, -0.2) is 18.9 Å². The van der Waals surface area contributed by atoms with Crippen molar-refractivity contribution < 1.29 is 18.7 Å². The SMILES string of the molecule is C[C@@H]1COc2cn3ncc4c3nc2N1Cc1cc(F)cnc1OC(C)(C)NC4=O. The maximum absolute atomic E-state index is 14.0. The van der Waals surface area contributed by atoms with Crippen LogP contribution in [-0.2, 0) is 6.54 Å². The lowest BCUT2D eigenvalue weighted by atomic mass is 10.1. The van der Waals surface area contributed by atoms with Crippen molar-refractivity contribution in [1.82, 2.24) is 24.9 Å². The lowest BCUT2D eigenvalue weighted by Gasteiger charge is -2.36. The van der Waals surface area contributed by atoms with Crippen LogP contribution >= 0.6 is 0 Å². The molecule has 0 aromatic carbocycles. The van der Waals surface area contributed by atoms with E-state index in [4.69, 9.17) is 9.47 Å². The molecule has 10 heteroatoms. The monoisotopic (exact) mass is 398 g/mol. The van der Waals surface area contributed by atoms with Crippen molar-refractivity contribution in [3.05, 3.63) is 41.6 Å². The third-order valence-corrected chi connectivity index (χ3v) is 4.97. The number of hydrogen-bond donors (Lipinski definition) is 1. The van der Waals surface area contributed by atoms with Crippen LogP contribution in [0.25, 0.3) is 5.65 Å². The number of carbonyl (C=O) groups excluding carboxylic acids is 1. The van der Waals surface area contributed by atoms with Gasteiger partial charge in [-0.3, -0.25) is 4.79 Å². The minimum atomic E-state index is -1.09. The zero-order chi connectivity index (χ0) is 20.3. The predicted molar refractivity (Wildman–Crippen MR) is 100 cm³/mol. The van der Waals surface area contributed by atoms with E-state index >= 15 is 0 Å². The van der Waals surface area contributed by atoms with Gasteiger partial charge in [0.15, 0.2) is 22.9 Å². The van der Waals surface area contributed by atoms with E-state index < -0.39 is 17.4 Å². The minimum Gasteiger partial charge on any atom is -0.486 e. The van der Waals surface area contributed by atoms with Gasteiger partial charge in [-0.1, -0.05) is 0 Å². The highest BCUT2D eigenvalue weighted by Crippen LogP contribution is 2.35. The summed E-state index contributed by atoms with van der Waals surface area (Å²) in [6, 6.07) is 1.35. The number of nitrogens with one attached hydrogen (secondary N) is 1. The maximum atomic E-state index is 14.0. The first kappa shape index (κ1) is 17.7. The Morgan fingerprint density at radius 2 is 2.17 bits per heavy atom. The van der Waals surface area contributed by atoms with Crippen LogP contribution in [0.15, 0.2) is 24.7 Å². The van der Waals surface area contributed by atoms with Crippen molar-refractivity contribution in [2.75, 3.05) is 11.5 Å². The third-order valence-electron chi connectivity index (χ3n) is 4.97. The first-order chi connectivity index (χ1) is 13.8. The molecule has 5 heterocycles. The fourth-order valence-corrected chi connectivity index (χ4v) is 3.56. The molecule has 29 heavy (non-hydrogen) atoms. The molecule has 2 aliphatic rings. The van der Waals surface area contributed by atoms with Crippen molar-refractivity contribution in [2.24, 2.45) is 0 Å². The van der Waals surface area contributed by atoms with Gasteiger partial charge in [0, 0.05) is 5.56 Å². The average Bonchev–Trinajstić information content (AvgIpc) is 3.06. The molecule has 9 nitrogen and oxygen atoms in total. The van der Waals surface area contributed by atoms with E-state index in [2.05, 4.69) is 20.4 Å². The molecule has 0 saturated heterocycles. The standard InChI is InChI=1S/C19H19FN6O3/c1-10-9-28-14-8-26-15-13(6-22-26)17(27)24-19(2,3)29-18-11(4-12(20)5-21-18)7-25(10)16(14)23-15/h4-6,8,10H,7,9H2,1-3H3,(H,24,27)/t10-/m1/s1. The van der Waals surface area contributed by atoms with Crippen molar-refractivity contribution in [1.29, 1.82) is 0 Å². The summed E-state index contributed by atoms with van der Waals surface area (Å²) < 4.78 is 27.3.